The molecule has 1 aliphatic heterocycles. The second kappa shape index (κ2) is 9.66. The molecule has 0 saturated carbocycles. The van der Waals surface area contributed by atoms with Crippen LogP contribution in [0.15, 0.2) is 36.7 Å². The number of ether oxygens (including phenoxy) is 2. The van der Waals surface area contributed by atoms with Gasteiger partial charge in [0.15, 0.2) is 11.9 Å². The largest absolute Gasteiger partial charge is 0.491 e. The van der Waals surface area contributed by atoms with Gasteiger partial charge in [0.25, 0.3) is 0 Å². The number of rotatable bonds is 7. The predicted octanol–water partition coefficient (Wildman–Crippen LogP) is 3.93. The summed E-state index contributed by atoms with van der Waals surface area (Å²) >= 11 is 0. The molecule has 0 bridgehead atoms. The van der Waals surface area contributed by atoms with E-state index in [1.54, 1.807) is 37.5 Å². The molecule has 1 aliphatic rings. The number of hydrogen-bond acceptors (Lipinski definition) is 7. The molecule has 0 aliphatic carbocycles. The number of nitrogens with zero attached hydrogens (tertiary/aromatic N) is 4. The lowest BCUT2D eigenvalue weighted by Gasteiger charge is -2.27. The van der Waals surface area contributed by atoms with Gasteiger partial charge in [0, 0.05) is 18.3 Å². The van der Waals surface area contributed by atoms with Gasteiger partial charge in [-0.25, -0.2) is 18.7 Å². The fourth-order valence-corrected chi connectivity index (χ4v) is 4.02. The number of benzene rings is 1. The minimum absolute atomic E-state index is 0.151. The SMILES string of the molecule is CC(C)(C)OC(=O)NCCOc1ccc(F)cc1C1CCCN1c1ccn2ncc(C=O)c2n1. The van der Waals surface area contributed by atoms with Crippen molar-refractivity contribution in [1.29, 1.82) is 0 Å². The van der Waals surface area contributed by atoms with Crippen LogP contribution in [0.25, 0.3) is 5.65 Å². The molecule has 0 spiro atoms. The molecule has 1 unspecified atom stereocenters. The van der Waals surface area contributed by atoms with E-state index in [1.807, 2.05) is 6.07 Å². The lowest BCUT2D eigenvalue weighted by Crippen LogP contribution is -2.34. The van der Waals surface area contributed by atoms with E-state index in [0.717, 1.165) is 25.7 Å². The van der Waals surface area contributed by atoms with E-state index in [0.29, 0.717) is 28.3 Å². The van der Waals surface area contributed by atoms with Gasteiger partial charge in [-0.3, -0.25) is 4.79 Å². The molecule has 9 nitrogen and oxygen atoms in total. The first-order valence-corrected chi connectivity index (χ1v) is 11.2. The van der Waals surface area contributed by atoms with Crippen molar-refractivity contribution < 1.29 is 23.5 Å². The maximum absolute atomic E-state index is 14.2. The van der Waals surface area contributed by atoms with Gasteiger partial charge in [0.05, 0.1) is 24.3 Å². The number of anilines is 1. The number of carbonyl (C=O) groups excluding carboxylic acids is 2. The Bertz CT molecular complexity index is 1190. The van der Waals surface area contributed by atoms with Crippen LogP contribution in [-0.4, -0.2) is 52.3 Å². The highest BCUT2D eigenvalue weighted by Gasteiger charge is 2.30. The van der Waals surface area contributed by atoms with E-state index in [4.69, 9.17) is 9.47 Å². The maximum atomic E-state index is 14.2. The van der Waals surface area contributed by atoms with Crippen molar-refractivity contribution in [2.24, 2.45) is 0 Å². The molecule has 10 heteroatoms. The van der Waals surface area contributed by atoms with E-state index in [-0.39, 0.29) is 25.0 Å². The fraction of sp³-hybridized carbons (Fsp3) is 0.417. The maximum Gasteiger partial charge on any atom is 0.407 e. The number of nitrogens with one attached hydrogen (secondary N) is 1. The van der Waals surface area contributed by atoms with Crippen LogP contribution in [0.4, 0.5) is 15.0 Å². The Balaban J connectivity index is 1.50. The van der Waals surface area contributed by atoms with Crippen molar-refractivity contribution in [1.82, 2.24) is 19.9 Å². The molecular formula is C24H28FN5O4. The Morgan fingerprint density at radius 3 is 2.91 bits per heavy atom. The van der Waals surface area contributed by atoms with Crippen molar-refractivity contribution in [3.63, 3.8) is 0 Å². The third-order valence-electron chi connectivity index (χ3n) is 5.41. The molecule has 1 atom stereocenters. The highest BCUT2D eigenvalue weighted by Crippen LogP contribution is 2.39. The van der Waals surface area contributed by atoms with Crippen LogP contribution >= 0.6 is 0 Å². The van der Waals surface area contributed by atoms with Gasteiger partial charge in [-0.05, 0) is 57.9 Å². The normalized spacial score (nSPS) is 16.0. The van der Waals surface area contributed by atoms with Gasteiger partial charge in [-0.15, -0.1) is 0 Å². The van der Waals surface area contributed by atoms with Gasteiger partial charge in [-0.2, -0.15) is 5.10 Å². The monoisotopic (exact) mass is 469 g/mol. The summed E-state index contributed by atoms with van der Waals surface area (Å²) in [5, 5.41) is 6.78. The lowest BCUT2D eigenvalue weighted by atomic mass is 10.0. The van der Waals surface area contributed by atoms with E-state index >= 15 is 0 Å². The van der Waals surface area contributed by atoms with Crippen LogP contribution in [0.2, 0.25) is 0 Å². The van der Waals surface area contributed by atoms with Crippen LogP contribution in [-0.2, 0) is 4.74 Å². The average molecular weight is 470 g/mol. The molecule has 3 aromatic rings. The molecule has 180 valence electrons. The van der Waals surface area contributed by atoms with Crippen LogP contribution < -0.4 is 15.0 Å². The molecular weight excluding hydrogens is 441 g/mol. The Labute approximate surface area is 196 Å². The predicted molar refractivity (Wildman–Crippen MR) is 124 cm³/mol. The molecule has 34 heavy (non-hydrogen) atoms. The highest BCUT2D eigenvalue weighted by atomic mass is 19.1. The number of hydrogen-bond donors (Lipinski definition) is 1. The number of carbonyl (C=O) groups is 2. The summed E-state index contributed by atoms with van der Waals surface area (Å²) in [7, 11) is 0. The Morgan fingerprint density at radius 1 is 1.32 bits per heavy atom. The molecule has 3 heterocycles. The van der Waals surface area contributed by atoms with Crippen molar-refractivity contribution in [3.8, 4) is 5.75 Å². The molecule has 1 saturated heterocycles. The third kappa shape index (κ3) is 5.27. The minimum atomic E-state index is -0.582. The zero-order valence-electron chi connectivity index (χ0n) is 19.5. The number of fused-ring (bicyclic) bond motifs is 1. The highest BCUT2D eigenvalue weighted by molar-refractivity contribution is 5.84. The number of aldehydes is 1. The number of amides is 1. The van der Waals surface area contributed by atoms with Gasteiger partial charge < -0.3 is 19.7 Å². The third-order valence-corrected chi connectivity index (χ3v) is 5.41. The first-order valence-electron chi connectivity index (χ1n) is 11.2. The molecule has 4 rings (SSSR count). The number of halogens is 1. The average Bonchev–Trinajstić information content (AvgIpc) is 3.42. The molecule has 1 amide bonds. The quantitative estimate of drug-likeness (QED) is 0.414. The van der Waals surface area contributed by atoms with Crippen LogP contribution in [0.1, 0.15) is 55.6 Å². The first-order chi connectivity index (χ1) is 16.2. The number of aromatic nitrogens is 3. The van der Waals surface area contributed by atoms with E-state index < -0.39 is 11.7 Å². The van der Waals surface area contributed by atoms with Crippen molar-refractivity contribution in [2.75, 3.05) is 24.6 Å². The van der Waals surface area contributed by atoms with Crippen LogP contribution in [0, 0.1) is 5.82 Å². The zero-order valence-corrected chi connectivity index (χ0v) is 19.5. The van der Waals surface area contributed by atoms with Gasteiger partial charge in [-0.1, -0.05) is 0 Å². The van der Waals surface area contributed by atoms with E-state index in [1.165, 1.54) is 18.3 Å². The number of alkyl carbamates (subject to hydrolysis) is 1. The zero-order chi connectivity index (χ0) is 24.3. The summed E-state index contributed by atoms with van der Waals surface area (Å²) in [5.41, 5.74) is 1.01. The summed E-state index contributed by atoms with van der Waals surface area (Å²) in [6, 6.07) is 6.12. The topological polar surface area (TPSA) is 98.1 Å². The summed E-state index contributed by atoms with van der Waals surface area (Å²) < 4.78 is 26.9. The smallest absolute Gasteiger partial charge is 0.407 e. The molecule has 1 aromatic carbocycles. The Morgan fingerprint density at radius 2 is 2.15 bits per heavy atom. The molecule has 2 aromatic heterocycles. The van der Waals surface area contributed by atoms with Crippen molar-refractivity contribution in [2.45, 2.75) is 45.3 Å². The fourth-order valence-electron chi connectivity index (χ4n) is 4.02. The molecule has 0 radical (unpaired) electrons. The summed E-state index contributed by atoms with van der Waals surface area (Å²) in [5.74, 6) is 0.868. The van der Waals surface area contributed by atoms with E-state index in [9.17, 15) is 14.0 Å². The van der Waals surface area contributed by atoms with E-state index in [2.05, 4.69) is 20.3 Å². The Hall–Kier alpha value is -3.69. The summed E-state index contributed by atoms with van der Waals surface area (Å²) in [4.78, 5) is 29.9. The van der Waals surface area contributed by atoms with Crippen molar-refractivity contribution in [3.05, 3.63) is 53.6 Å². The summed E-state index contributed by atoms with van der Waals surface area (Å²) in [6.07, 6.45) is 5.13. The van der Waals surface area contributed by atoms with Crippen molar-refractivity contribution >= 4 is 23.8 Å². The Kier molecular flexibility index (Phi) is 6.67. The van der Waals surface area contributed by atoms with Crippen LogP contribution in [0.5, 0.6) is 5.75 Å². The second-order valence-corrected chi connectivity index (χ2v) is 9.08. The summed E-state index contributed by atoms with van der Waals surface area (Å²) in [6.45, 7) is 6.55. The second-order valence-electron chi connectivity index (χ2n) is 9.08. The van der Waals surface area contributed by atoms with Gasteiger partial charge >= 0.3 is 6.09 Å². The minimum Gasteiger partial charge on any atom is -0.491 e. The van der Waals surface area contributed by atoms with Gasteiger partial charge in [0.1, 0.15) is 29.6 Å². The lowest BCUT2D eigenvalue weighted by molar-refractivity contribution is 0.0520. The standard InChI is InChI=1S/C24H28FN5O4/c1-24(2,3)34-23(32)26-9-12-33-20-7-6-17(25)13-18(20)19-5-4-10-29(19)21-8-11-30-22(28-21)16(15-31)14-27-30/h6-8,11,13-15,19H,4-5,9-10,12H2,1-3H3,(H,26,32). The van der Waals surface area contributed by atoms with Crippen LogP contribution in [0.3, 0.4) is 0 Å². The molecule has 1 fully saturated rings. The van der Waals surface area contributed by atoms with Gasteiger partial charge in [0.2, 0.25) is 0 Å². The molecule has 1 N–H and O–H groups in total. The first kappa shape index (κ1) is 23.5.